The Morgan fingerprint density at radius 3 is 2.55 bits per heavy atom. The van der Waals surface area contributed by atoms with E-state index < -0.39 is 0 Å². The topological polar surface area (TPSA) is 80.7 Å². The molecule has 0 radical (unpaired) electrons. The van der Waals surface area contributed by atoms with Crippen molar-refractivity contribution in [3.63, 3.8) is 0 Å². The summed E-state index contributed by atoms with van der Waals surface area (Å²) in [6, 6.07) is 3.39. The lowest BCUT2D eigenvalue weighted by Crippen LogP contribution is -1.96. The van der Waals surface area contributed by atoms with Gasteiger partial charge in [0.15, 0.2) is 0 Å². The number of carbonyl (C=O) groups excluding carboxylic acids is 1. The maximum Gasteiger partial charge on any atom is 0.212 e. The predicted octanol–water partition coefficient (Wildman–Crippen LogP) is 3.39. The normalized spacial score (nSPS) is 12.2. The van der Waals surface area contributed by atoms with Crippen LogP contribution in [0, 0.1) is 6.92 Å². The first-order valence-corrected chi connectivity index (χ1v) is 7.54. The largest absolute Gasteiger partial charge is 0.313 e. The molecule has 1 N–H and O–H groups in total. The number of nitrogens with one attached hydrogen (secondary N) is 1. The van der Waals surface area contributed by atoms with Crippen molar-refractivity contribution in [1.82, 2.24) is 19.9 Å². The van der Waals surface area contributed by atoms with Crippen LogP contribution in [0.15, 0.2) is 24.7 Å². The van der Waals surface area contributed by atoms with Crippen molar-refractivity contribution in [2.24, 2.45) is 0 Å². The second kappa shape index (κ2) is 9.78. The van der Waals surface area contributed by atoms with E-state index in [1.807, 2.05) is 33.0 Å². The zero-order valence-corrected chi connectivity index (χ0v) is 13.7. The van der Waals surface area contributed by atoms with E-state index in [0.29, 0.717) is 23.3 Å². The lowest BCUT2D eigenvalue weighted by atomic mass is 10.3. The van der Waals surface area contributed by atoms with Crippen LogP contribution in [-0.2, 0) is 4.79 Å². The molecule has 1 saturated carbocycles. The summed E-state index contributed by atoms with van der Waals surface area (Å²) in [5.41, 5.74) is 1.08. The Morgan fingerprint density at radius 2 is 2.00 bits per heavy atom. The van der Waals surface area contributed by atoms with Gasteiger partial charge in [-0.05, 0) is 25.8 Å². The van der Waals surface area contributed by atoms with Gasteiger partial charge >= 0.3 is 0 Å². The molecule has 0 atom stereocenters. The number of hydrogen-bond acceptors (Lipinski definition) is 5. The lowest BCUT2D eigenvalue weighted by molar-refractivity contribution is -0.105. The predicted molar refractivity (Wildman–Crippen MR) is 86.8 cm³/mol. The Hall–Kier alpha value is -2.08. The smallest absolute Gasteiger partial charge is 0.212 e. The van der Waals surface area contributed by atoms with Gasteiger partial charge in [0.2, 0.25) is 6.41 Å². The fourth-order valence-corrected chi connectivity index (χ4v) is 1.63. The highest BCUT2D eigenvalue weighted by molar-refractivity contribution is 6.29. The molecule has 7 heteroatoms. The number of aryl methyl sites for hydroxylation is 1. The molecule has 3 rings (SSSR count). The van der Waals surface area contributed by atoms with E-state index in [0.717, 1.165) is 11.5 Å². The third-order valence-corrected chi connectivity index (χ3v) is 2.80. The standard InChI is InChI=1S/C8H10N2.C5H4ClN3O.C2H6/c1-6-4-5-9-8(10-6)7-2-3-7;6-4-1-5(9-3-10)8-2-7-4;1-2/h4-5,7H,2-3H2,1H3;1-3H,(H,7,8,9,10);1-2H3. The molecule has 1 aliphatic carbocycles. The van der Waals surface area contributed by atoms with Gasteiger partial charge in [-0.1, -0.05) is 25.4 Å². The zero-order chi connectivity index (χ0) is 16.4. The fraction of sp³-hybridized carbons (Fsp3) is 0.400. The zero-order valence-electron chi connectivity index (χ0n) is 13.0. The van der Waals surface area contributed by atoms with Crippen LogP contribution < -0.4 is 5.32 Å². The van der Waals surface area contributed by atoms with E-state index in [2.05, 4.69) is 25.3 Å². The van der Waals surface area contributed by atoms with Crippen LogP contribution >= 0.6 is 11.6 Å². The van der Waals surface area contributed by atoms with Crippen molar-refractivity contribution in [1.29, 1.82) is 0 Å². The van der Waals surface area contributed by atoms with Crippen molar-refractivity contribution in [3.05, 3.63) is 41.3 Å². The van der Waals surface area contributed by atoms with Crippen LogP contribution in [0.1, 0.15) is 44.1 Å². The summed E-state index contributed by atoms with van der Waals surface area (Å²) >= 11 is 5.47. The average Bonchev–Trinajstić information content (AvgIpc) is 3.35. The molecular formula is C15H20ClN5O. The van der Waals surface area contributed by atoms with Gasteiger partial charge in [0.25, 0.3) is 0 Å². The summed E-state index contributed by atoms with van der Waals surface area (Å²) in [5.74, 6) is 2.12. The highest BCUT2D eigenvalue weighted by atomic mass is 35.5. The van der Waals surface area contributed by atoms with Gasteiger partial charge in [0.1, 0.15) is 23.1 Å². The molecule has 6 nitrogen and oxygen atoms in total. The van der Waals surface area contributed by atoms with Crippen molar-refractivity contribution in [2.75, 3.05) is 5.32 Å². The van der Waals surface area contributed by atoms with Crippen molar-refractivity contribution < 1.29 is 4.79 Å². The molecule has 0 saturated heterocycles. The minimum Gasteiger partial charge on any atom is -0.313 e. The summed E-state index contributed by atoms with van der Waals surface area (Å²) in [6.07, 6.45) is 6.20. The molecule has 0 bridgehead atoms. The third kappa shape index (κ3) is 6.58. The van der Waals surface area contributed by atoms with Gasteiger partial charge < -0.3 is 5.32 Å². The first-order valence-electron chi connectivity index (χ1n) is 7.16. The van der Waals surface area contributed by atoms with Gasteiger partial charge in [-0.3, -0.25) is 4.79 Å². The van der Waals surface area contributed by atoms with E-state index >= 15 is 0 Å². The van der Waals surface area contributed by atoms with Crippen LogP contribution in [0.25, 0.3) is 0 Å². The van der Waals surface area contributed by atoms with Crippen LogP contribution in [-0.4, -0.2) is 26.3 Å². The number of hydrogen-bond donors (Lipinski definition) is 1. The molecule has 2 heterocycles. The van der Waals surface area contributed by atoms with Gasteiger partial charge in [-0.25, -0.2) is 19.9 Å². The van der Waals surface area contributed by atoms with Gasteiger partial charge in [-0.15, -0.1) is 0 Å². The van der Waals surface area contributed by atoms with Gasteiger partial charge in [0.05, 0.1) is 0 Å². The van der Waals surface area contributed by atoms with Crippen molar-refractivity contribution in [3.8, 4) is 0 Å². The SMILES string of the molecule is CC.Cc1ccnc(C2CC2)n1.O=CNc1cc(Cl)ncn1. The Morgan fingerprint density at radius 1 is 1.27 bits per heavy atom. The minimum absolute atomic E-state index is 0.305. The average molecular weight is 322 g/mol. The van der Waals surface area contributed by atoms with Crippen molar-refractivity contribution in [2.45, 2.75) is 39.5 Å². The first kappa shape index (κ1) is 18.0. The first-order chi connectivity index (χ1) is 10.7. The van der Waals surface area contributed by atoms with E-state index in [-0.39, 0.29) is 0 Å². The Bertz CT molecular complexity index is 590. The van der Waals surface area contributed by atoms with Crippen LogP contribution in [0.3, 0.4) is 0 Å². The minimum atomic E-state index is 0.305. The molecular weight excluding hydrogens is 302 g/mol. The number of carbonyl (C=O) groups is 1. The molecule has 118 valence electrons. The number of amides is 1. The van der Waals surface area contributed by atoms with E-state index in [9.17, 15) is 4.79 Å². The number of nitrogens with zero attached hydrogens (tertiary/aromatic N) is 4. The fourth-order valence-electron chi connectivity index (χ4n) is 1.48. The monoisotopic (exact) mass is 321 g/mol. The number of aromatic nitrogens is 4. The molecule has 2 aromatic rings. The van der Waals surface area contributed by atoms with Gasteiger partial charge in [0, 0.05) is 23.9 Å². The third-order valence-electron chi connectivity index (χ3n) is 2.60. The Kier molecular flexibility index (Phi) is 7.99. The number of anilines is 1. The Labute approximate surface area is 135 Å². The molecule has 0 unspecified atom stereocenters. The second-order valence-corrected chi connectivity index (χ2v) is 4.71. The maximum absolute atomic E-state index is 9.87. The van der Waals surface area contributed by atoms with E-state index in [1.54, 1.807) is 0 Å². The second-order valence-electron chi connectivity index (χ2n) is 4.32. The van der Waals surface area contributed by atoms with Crippen molar-refractivity contribution >= 4 is 23.8 Å². The molecule has 1 fully saturated rings. The molecule has 0 aromatic carbocycles. The maximum atomic E-state index is 9.87. The highest BCUT2D eigenvalue weighted by Gasteiger charge is 2.25. The lowest BCUT2D eigenvalue weighted by Gasteiger charge is -1.95. The molecule has 22 heavy (non-hydrogen) atoms. The number of halogens is 1. The summed E-state index contributed by atoms with van der Waals surface area (Å²) in [7, 11) is 0. The van der Waals surface area contributed by atoms with Gasteiger partial charge in [-0.2, -0.15) is 0 Å². The number of rotatable bonds is 3. The molecule has 0 aliphatic heterocycles. The van der Waals surface area contributed by atoms with E-state index in [4.69, 9.17) is 11.6 Å². The van der Waals surface area contributed by atoms with Crippen LogP contribution in [0.2, 0.25) is 5.15 Å². The summed E-state index contributed by atoms with van der Waals surface area (Å²) in [5, 5.41) is 2.64. The van der Waals surface area contributed by atoms with Crippen LogP contribution in [0.4, 0.5) is 5.82 Å². The molecule has 1 amide bonds. The summed E-state index contributed by atoms with van der Waals surface area (Å²) in [6.45, 7) is 6.01. The molecule has 0 spiro atoms. The highest BCUT2D eigenvalue weighted by Crippen LogP contribution is 2.37. The molecule has 2 aromatic heterocycles. The summed E-state index contributed by atoms with van der Waals surface area (Å²) < 4.78 is 0. The summed E-state index contributed by atoms with van der Waals surface area (Å²) in [4.78, 5) is 25.7. The quantitative estimate of drug-likeness (QED) is 0.692. The molecule has 1 aliphatic rings. The van der Waals surface area contributed by atoms with Crippen LogP contribution in [0.5, 0.6) is 0 Å². The Balaban J connectivity index is 0.000000198. The van der Waals surface area contributed by atoms with E-state index in [1.165, 1.54) is 25.2 Å².